The lowest BCUT2D eigenvalue weighted by molar-refractivity contribution is -0.000450. The number of hydrogen-bond donors (Lipinski definition) is 3. The highest BCUT2D eigenvalue weighted by molar-refractivity contribution is 7.92. The highest BCUT2D eigenvalue weighted by atomic mass is 32.2. The van der Waals surface area contributed by atoms with Gasteiger partial charge in [-0.25, -0.2) is 8.42 Å². The van der Waals surface area contributed by atoms with Gasteiger partial charge in [-0.05, 0) is 77.4 Å². The van der Waals surface area contributed by atoms with Crippen LogP contribution in [-0.2, 0) is 14.8 Å². The Hall–Kier alpha value is -2.66. The molecule has 10 heteroatoms. The van der Waals surface area contributed by atoms with Gasteiger partial charge in [-0.3, -0.25) is 9.52 Å². The van der Waals surface area contributed by atoms with Gasteiger partial charge < -0.3 is 24.8 Å². The van der Waals surface area contributed by atoms with E-state index in [1.807, 2.05) is 27.8 Å². The van der Waals surface area contributed by atoms with E-state index >= 15 is 0 Å². The Morgan fingerprint density at radius 1 is 1.13 bits per heavy atom. The highest BCUT2D eigenvalue weighted by Gasteiger charge is 2.30. The molecule has 1 amide bonds. The molecule has 216 valence electrons. The van der Waals surface area contributed by atoms with Gasteiger partial charge in [-0.15, -0.1) is 0 Å². The molecule has 4 atom stereocenters. The summed E-state index contributed by atoms with van der Waals surface area (Å²) in [5.74, 6) is 0.0146. The first kappa shape index (κ1) is 30.9. The first-order valence-electron chi connectivity index (χ1n) is 13.6. The number of aliphatic hydroxyl groups is 1. The summed E-state index contributed by atoms with van der Waals surface area (Å²) >= 11 is 0. The van der Waals surface area contributed by atoms with Crippen LogP contribution in [0.2, 0.25) is 0 Å². The van der Waals surface area contributed by atoms with Crippen LogP contribution in [0.25, 0.3) is 0 Å². The largest absolute Gasteiger partial charge is 0.490 e. The second-order valence-corrected chi connectivity index (χ2v) is 12.2. The van der Waals surface area contributed by atoms with Crippen molar-refractivity contribution in [3.05, 3.63) is 53.6 Å². The minimum Gasteiger partial charge on any atom is -0.490 e. The number of carbonyl (C=O) groups excluding carboxylic acids is 1. The summed E-state index contributed by atoms with van der Waals surface area (Å²) in [6.45, 7) is 9.04. The molecule has 2 aromatic carbocycles. The van der Waals surface area contributed by atoms with Crippen molar-refractivity contribution in [2.45, 2.75) is 70.1 Å². The zero-order chi connectivity index (χ0) is 28.6. The fourth-order valence-corrected chi connectivity index (χ4v) is 5.66. The van der Waals surface area contributed by atoms with Crippen molar-refractivity contribution in [1.82, 2.24) is 10.2 Å². The molecule has 1 heterocycles. The molecular formula is C29H43N3O6S. The number of carbonyl (C=O) groups is 1. The van der Waals surface area contributed by atoms with Gasteiger partial charge >= 0.3 is 0 Å². The van der Waals surface area contributed by atoms with Crippen molar-refractivity contribution in [1.29, 1.82) is 0 Å². The van der Waals surface area contributed by atoms with Crippen LogP contribution in [-0.4, -0.2) is 75.9 Å². The molecule has 2 aromatic rings. The molecule has 0 fully saturated rings. The van der Waals surface area contributed by atoms with Crippen LogP contribution in [0.1, 0.15) is 56.0 Å². The smallest absolute Gasteiger partial charge is 0.261 e. The summed E-state index contributed by atoms with van der Waals surface area (Å²) in [7, 11) is -2.00. The van der Waals surface area contributed by atoms with E-state index in [4.69, 9.17) is 9.47 Å². The van der Waals surface area contributed by atoms with E-state index in [2.05, 4.69) is 10.0 Å². The van der Waals surface area contributed by atoms with E-state index in [9.17, 15) is 18.3 Å². The predicted octanol–water partition coefficient (Wildman–Crippen LogP) is 3.81. The zero-order valence-electron chi connectivity index (χ0n) is 23.6. The number of sulfonamides is 1. The Morgan fingerprint density at radius 2 is 1.85 bits per heavy atom. The predicted molar refractivity (Wildman–Crippen MR) is 153 cm³/mol. The molecule has 3 rings (SSSR count). The molecule has 0 saturated carbocycles. The summed E-state index contributed by atoms with van der Waals surface area (Å²) < 4.78 is 41.1. The zero-order valence-corrected chi connectivity index (χ0v) is 24.5. The van der Waals surface area contributed by atoms with Crippen molar-refractivity contribution in [3.8, 4) is 5.75 Å². The van der Waals surface area contributed by atoms with Crippen LogP contribution in [0.4, 0.5) is 5.69 Å². The number of fused-ring (bicyclic) bond motifs is 1. The number of nitrogens with one attached hydrogen (secondary N) is 2. The summed E-state index contributed by atoms with van der Waals surface area (Å²) in [6.07, 6.45) is 2.31. The maximum Gasteiger partial charge on any atom is 0.261 e. The molecular weight excluding hydrogens is 518 g/mol. The number of aryl methyl sites for hydroxylation is 1. The van der Waals surface area contributed by atoms with Crippen LogP contribution in [0.5, 0.6) is 5.75 Å². The number of aliphatic hydroxyl groups excluding tert-OH is 1. The molecule has 1 aliphatic rings. The minimum atomic E-state index is -3.87. The SMILES string of the molecule is CNC[C@H]1OCCCC[C@@H](C)Oc2ccc(NS(=O)(=O)c3ccc(C)cc3)cc2C(=O)N([C@@H](C)CO)C[C@H]1C. The van der Waals surface area contributed by atoms with E-state index in [0.717, 1.165) is 24.8 Å². The molecule has 0 unspecified atom stereocenters. The van der Waals surface area contributed by atoms with Crippen LogP contribution in [0, 0.1) is 12.8 Å². The maximum absolute atomic E-state index is 14.1. The molecule has 9 nitrogen and oxygen atoms in total. The number of likely N-dealkylation sites (N-methyl/N-ethyl adjacent to an activating group) is 1. The van der Waals surface area contributed by atoms with Gasteiger partial charge in [0.25, 0.3) is 15.9 Å². The van der Waals surface area contributed by atoms with E-state index in [0.29, 0.717) is 25.4 Å². The first-order chi connectivity index (χ1) is 18.6. The van der Waals surface area contributed by atoms with Gasteiger partial charge in [-0.2, -0.15) is 0 Å². The molecule has 0 aliphatic carbocycles. The van der Waals surface area contributed by atoms with Gasteiger partial charge in [0.2, 0.25) is 0 Å². The number of nitrogens with zero attached hydrogens (tertiary/aromatic N) is 1. The lowest BCUT2D eigenvalue weighted by Gasteiger charge is -2.34. The molecule has 0 radical (unpaired) electrons. The van der Waals surface area contributed by atoms with E-state index < -0.39 is 16.1 Å². The standard InChI is InChI=1S/C29H43N3O6S/c1-20-9-12-25(13-10-20)39(35,36)31-24-11-14-27-26(16-24)29(34)32(22(3)19-33)18-21(2)28(17-30-5)37-15-7-6-8-23(4)38-27/h9-14,16,21-23,28,30-31,33H,6-8,15,17-19H2,1-5H3/t21-,22+,23-,28-/m1/s1. The van der Waals surface area contributed by atoms with Gasteiger partial charge in [0, 0.05) is 31.3 Å². The highest BCUT2D eigenvalue weighted by Crippen LogP contribution is 2.29. The average molecular weight is 562 g/mol. The Balaban J connectivity index is 2.02. The minimum absolute atomic E-state index is 0.0233. The van der Waals surface area contributed by atoms with Crippen LogP contribution in [0.15, 0.2) is 47.4 Å². The summed E-state index contributed by atoms with van der Waals surface area (Å²) in [5, 5.41) is 13.2. The molecule has 0 bridgehead atoms. The molecule has 3 N–H and O–H groups in total. The average Bonchev–Trinajstić information content (AvgIpc) is 2.90. The van der Waals surface area contributed by atoms with Gasteiger partial charge in [0.1, 0.15) is 5.75 Å². The Kier molecular flexibility index (Phi) is 11.2. The fourth-order valence-electron chi connectivity index (χ4n) is 4.61. The summed E-state index contributed by atoms with van der Waals surface area (Å²) in [6, 6.07) is 10.8. The number of rotatable bonds is 7. The first-order valence-corrected chi connectivity index (χ1v) is 15.1. The number of ether oxygens (including phenoxy) is 2. The summed E-state index contributed by atoms with van der Waals surface area (Å²) in [5.41, 5.74) is 1.44. The Morgan fingerprint density at radius 3 is 2.51 bits per heavy atom. The lowest BCUT2D eigenvalue weighted by atomic mass is 10.0. The summed E-state index contributed by atoms with van der Waals surface area (Å²) in [4.78, 5) is 15.8. The van der Waals surface area contributed by atoms with Crippen LogP contribution in [0.3, 0.4) is 0 Å². The number of amides is 1. The third kappa shape index (κ3) is 8.41. The fraction of sp³-hybridized carbons (Fsp3) is 0.552. The molecule has 0 spiro atoms. The van der Waals surface area contributed by atoms with E-state index in [1.54, 1.807) is 48.2 Å². The normalized spacial score (nSPS) is 22.4. The molecule has 0 saturated heterocycles. The van der Waals surface area contributed by atoms with Gasteiger partial charge in [-0.1, -0.05) is 24.6 Å². The molecule has 0 aromatic heterocycles. The second kappa shape index (κ2) is 14.1. The van der Waals surface area contributed by atoms with Crippen LogP contribution >= 0.6 is 0 Å². The maximum atomic E-state index is 14.1. The van der Waals surface area contributed by atoms with E-state index in [-0.39, 0.29) is 46.8 Å². The van der Waals surface area contributed by atoms with Gasteiger partial charge in [0.05, 0.1) is 35.3 Å². The van der Waals surface area contributed by atoms with Crippen molar-refractivity contribution in [2.24, 2.45) is 5.92 Å². The van der Waals surface area contributed by atoms with Crippen LogP contribution < -0.4 is 14.8 Å². The molecule has 1 aliphatic heterocycles. The van der Waals surface area contributed by atoms with Crippen molar-refractivity contribution < 1.29 is 27.8 Å². The third-order valence-electron chi connectivity index (χ3n) is 7.04. The van der Waals surface area contributed by atoms with Crippen molar-refractivity contribution in [3.63, 3.8) is 0 Å². The number of benzene rings is 2. The Labute approximate surface area is 232 Å². The van der Waals surface area contributed by atoms with Gasteiger partial charge in [0.15, 0.2) is 0 Å². The number of anilines is 1. The monoisotopic (exact) mass is 561 g/mol. The second-order valence-electron chi connectivity index (χ2n) is 10.5. The number of hydrogen-bond acceptors (Lipinski definition) is 7. The van der Waals surface area contributed by atoms with Crippen molar-refractivity contribution >= 4 is 21.6 Å². The van der Waals surface area contributed by atoms with Crippen molar-refractivity contribution in [2.75, 3.05) is 38.1 Å². The Bertz CT molecular complexity index is 1190. The van der Waals surface area contributed by atoms with E-state index in [1.165, 1.54) is 6.07 Å². The third-order valence-corrected chi connectivity index (χ3v) is 8.44. The molecule has 39 heavy (non-hydrogen) atoms. The topological polar surface area (TPSA) is 117 Å². The lowest BCUT2D eigenvalue weighted by Crippen LogP contribution is -2.47. The quantitative estimate of drug-likeness (QED) is 0.471.